The van der Waals surface area contributed by atoms with Crippen LogP contribution in [0.3, 0.4) is 0 Å². The van der Waals surface area contributed by atoms with Crippen LogP contribution in [-0.2, 0) is 4.79 Å². The molecule has 4 heteroatoms. The lowest BCUT2D eigenvalue weighted by Gasteiger charge is -2.46. The number of amides is 1. The first-order chi connectivity index (χ1) is 8.97. The van der Waals surface area contributed by atoms with Crippen molar-refractivity contribution in [2.75, 3.05) is 40.3 Å². The lowest BCUT2D eigenvalue weighted by molar-refractivity contribution is -0.149. The minimum Gasteiger partial charge on any atom is -0.345 e. The second-order valence-electron chi connectivity index (χ2n) is 6.93. The lowest BCUT2D eigenvalue weighted by Crippen LogP contribution is -2.54. The van der Waals surface area contributed by atoms with E-state index in [0.717, 1.165) is 32.5 Å². The van der Waals surface area contributed by atoms with Crippen LogP contribution >= 0.6 is 0 Å². The number of hydrogen-bond donors (Lipinski definition) is 1. The molecule has 2 fully saturated rings. The molecule has 0 unspecified atom stereocenters. The van der Waals surface area contributed by atoms with E-state index in [-0.39, 0.29) is 11.3 Å². The monoisotopic (exact) mass is 267 g/mol. The Morgan fingerprint density at radius 2 is 1.95 bits per heavy atom. The third-order valence-electron chi connectivity index (χ3n) is 5.04. The molecule has 0 aromatic heterocycles. The molecule has 0 aromatic rings. The Balaban J connectivity index is 1.85. The van der Waals surface area contributed by atoms with Gasteiger partial charge in [-0.25, -0.2) is 0 Å². The van der Waals surface area contributed by atoms with Crippen molar-refractivity contribution in [3.05, 3.63) is 0 Å². The first-order valence-corrected chi connectivity index (χ1v) is 7.61. The molecule has 0 aromatic carbocycles. The van der Waals surface area contributed by atoms with Gasteiger partial charge in [0.2, 0.25) is 5.91 Å². The molecule has 1 heterocycles. The minimum atomic E-state index is -0.236. The van der Waals surface area contributed by atoms with Crippen molar-refractivity contribution in [2.45, 2.75) is 32.6 Å². The maximum absolute atomic E-state index is 12.6. The summed E-state index contributed by atoms with van der Waals surface area (Å²) < 4.78 is 0. The van der Waals surface area contributed by atoms with Crippen molar-refractivity contribution < 1.29 is 4.79 Å². The summed E-state index contributed by atoms with van der Waals surface area (Å²) in [6.45, 7) is 5.94. The van der Waals surface area contributed by atoms with Crippen molar-refractivity contribution in [1.82, 2.24) is 9.80 Å². The van der Waals surface area contributed by atoms with E-state index < -0.39 is 0 Å². The average molecular weight is 267 g/mol. The lowest BCUT2D eigenvalue weighted by atomic mass is 9.62. The van der Waals surface area contributed by atoms with Crippen LogP contribution in [0.15, 0.2) is 0 Å². The van der Waals surface area contributed by atoms with Gasteiger partial charge in [0.05, 0.1) is 5.41 Å². The Morgan fingerprint density at radius 1 is 1.37 bits per heavy atom. The van der Waals surface area contributed by atoms with Gasteiger partial charge in [-0.2, -0.15) is 0 Å². The van der Waals surface area contributed by atoms with E-state index in [1.807, 2.05) is 11.9 Å². The Bertz CT molecular complexity index is 317. The molecule has 2 aliphatic rings. The zero-order valence-electron chi connectivity index (χ0n) is 12.7. The second-order valence-corrected chi connectivity index (χ2v) is 6.93. The van der Waals surface area contributed by atoms with Gasteiger partial charge in [0.25, 0.3) is 0 Å². The summed E-state index contributed by atoms with van der Waals surface area (Å²) in [5.74, 6) is 1.61. The van der Waals surface area contributed by atoms with Crippen LogP contribution in [0.4, 0.5) is 0 Å². The summed E-state index contributed by atoms with van der Waals surface area (Å²) in [6, 6.07) is 0. The van der Waals surface area contributed by atoms with Gasteiger partial charge in [-0.15, -0.1) is 0 Å². The number of nitrogens with two attached hydrogens (primary N) is 1. The number of carbonyl (C=O) groups is 1. The van der Waals surface area contributed by atoms with Crippen molar-refractivity contribution in [3.8, 4) is 0 Å². The van der Waals surface area contributed by atoms with Crippen LogP contribution < -0.4 is 5.73 Å². The van der Waals surface area contributed by atoms with Crippen molar-refractivity contribution in [1.29, 1.82) is 0 Å². The SMILES string of the molecule is CC1CC(CN)(C(=O)N(C)CC2CCN(C)CC2)C1. The highest BCUT2D eigenvalue weighted by Gasteiger charge is 2.48. The number of hydrogen-bond acceptors (Lipinski definition) is 3. The molecule has 2 N–H and O–H groups in total. The second kappa shape index (κ2) is 5.80. The third-order valence-corrected chi connectivity index (χ3v) is 5.04. The van der Waals surface area contributed by atoms with Gasteiger partial charge < -0.3 is 15.5 Å². The van der Waals surface area contributed by atoms with E-state index in [9.17, 15) is 4.79 Å². The maximum Gasteiger partial charge on any atom is 0.229 e. The number of nitrogens with zero attached hydrogens (tertiary/aromatic N) is 2. The molecule has 0 spiro atoms. The van der Waals surface area contributed by atoms with E-state index in [1.54, 1.807) is 0 Å². The largest absolute Gasteiger partial charge is 0.345 e. The van der Waals surface area contributed by atoms with E-state index in [4.69, 9.17) is 5.73 Å². The fourth-order valence-electron chi connectivity index (χ4n) is 3.82. The first-order valence-electron chi connectivity index (χ1n) is 7.61. The third kappa shape index (κ3) is 3.11. The molecule has 1 saturated heterocycles. The predicted octanol–water partition coefficient (Wildman–Crippen LogP) is 1.16. The van der Waals surface area contributed by atoms with E-state index >= 15 is 0 Å². The molecule has 19 heavy (non-hydrogen) atoms. The molecular formula is C15H29N3O. The van der Waals surface area contributed by atoms with Crippen molar-refractivity contribution in [2.24, 2.45) is 23.0 Å². The minimum absolute atomic E-state index is 0.236. The van der Waals surface area contributed by atoms with E-state index in [2.05, 4.69) is 18.9 Å². The van der Waals surface area contributed by atoms with Gasteiger partial charge in [0.1, 0.15) is 0 Å². The fraction of sp³-hybridized carbons (Fsp3) is 0.933. The molecule has 0 atom stereocenters. The molecule has 2 rings (SSSR count). The molecule has 1 amide bonds. The normalized spacial score (nSPS) is 32.9. The summed E-state index contributed by atoms with van der Waals surface area (Å²) >= 11 is 0. The van der Waals surface area contributed by atoms with Gasteiger partial charge >= 0.3 is 0 Å². The molecule has 1 saturated carbocycles. The van der Waals surface area contributed by atoms with Gasteiger partial charge in [0, 0.05) is 20.1 Å². The number of rotatable bonds is 4. The fourth-order valence-corrected chi connectivity index (χ4v) is 3.82. The summed E-state index contributed by atoms with van der Waals surface area (Å²) in [5, 5.41) is 0. The summed E-state index contributed by atoms with van der Waals surface area (Å²) in [6.07, 6.45) is 4.36. The Kier molecular flexibility index (Phi) is 4.51. The van der Waals surface area contributed by atoms with Crippen molar-refractivity contribution in [3.63, 3.8) is 0 Å². The summed E-state index contributed by atoms with van der Waals surface area (Å²) in [4.78, 5) is 16.9. The van der Waals surface area contributed by atoms with Gasteiger partial charge in [-0.3, -0.25) is 4.79 Å². The standard InChI is InChI=1S/C15H29N3O/c1-12-8-15(9-12,11-16)14(19)18(3)10-13-4-6-17(2)7-5-13/h12-13H,4-11,16H2,1-3H3. The van der Waals surface area contributed by atoms with Gasteiger partial charge in [-0.1, -0.05) is 6.92 Å². The average Bonchev–Trinajstić information content (AvgIpc) is 2.36. The Morgan fingerprint density at radius 3 is 2.42 bits per heavy atom. The quantitative estimate of drug-likeness (QED) is 0.831. The van der Waals surface area contributed by atoms with Gasteiger partial charge in [0.15, 0.2) is 0 Å². The molecule has 1 aliphatic carbocycles. The molecule has 0 radical (unpaired) electrons. The molecule has 4 nitrogen and oxygen atoms in total. The highest BCUT2D eigenvalue weighted by molar-refractivity contribution is 5.83. The van der Waals surface area contributed by atoms with Gasteiger partial charge in [-0.05, 0) is 57.7 Å². The molecule has 1 aliphatic heterocycles. The molecule has 110 valence electrons. The number of carbonyl (C=O) groups excluding carboxylic acids is 1. The number of likely N-dealkylation sites (tertiary alicyclic amines) is 1. The zero-order chi connectivity index (χ0) is 14.0. The van der Waals surface area contributed by atoms with Crippen LogP contribution in [0, 0.1) is 17.3 Å². The van der Waals surface area contributed by atoms with Crippen LogP contribution in [0.1, 0.15) is 32.6 Å². The topological polar surface area (TPSA) is 49.6 Å². The Hall–Kier alpha value is -0.610. The number of piperidine rings is 1. The van der Waals surface area contributed by atoms with Crippen LogP contribution in [0.2, 0.25) is 0 Å². The van der Waals surface area contributed by atoms with E-state index in [1.165, 1.54) is 12.8 Å². The van der Waals surface area contributed by atoms with E-state index in [0.29, 0.717) is 18.4 Å². The smallest absolute Gasteiger partial charge is 0.229 e. The predicted molar refractivity (Wildman–Crippen MR) is 77.7 cm³/mol. The van der Waals surface area contributed by atoms with Crippen molar-refractivity contribution >= 4 is 5.91 Å². The van der Waals surface area contributed by atoms with Crippen LogP contribution in [0.25, 0.3) is 0 Å². The zero-order valence-corrected chi connectivity index (χ0v) is 12.7. The highest BCUT2D eigenvalue weighted by Crippen LogP contribution is 2.45. The maximum atomic E-state index is 12.6. The van der Waals surface area contributed by atoms with Crippen LogP contribution in [-0.4, -0.2) is 56.0 Å². The first kappa shape index (κ1) is 14.8. The molecule has 0 bridgehead atoms. The van der Waals surface area contributed by atoms with Crippen LogP contribution in [0.5, 0.6) is 0 Å². The Labute approximate surface area is 117 Å². The molecular weight excluding hydrogens is 238 g/mol. The summed E-state index contributed by atoms with van der Waals surface area (Å²) in [7, 11) is 4.13. The summed E-state index contributed by atoms with van der Waals surface area (Å²) in [5.41, 5.74) is 5.63. The highest BCUT2D eigenvalue weighted by atomic mass is 16.2.